The fraction of sp³-hybridized carbons (Fsp3) is 0.471. The standard InChI is InChI=1S/C17H24N2O/c1-4-5-11-17(15-9-7-6-8-10-15)18-12-16-13(2)19-20-14(16)3/h6-10,17-18H,4-5,11-12H2,1-3H3. The molecule has 0 fully saturated rings. The van der Waals surface area contributed by atoms with Gasteiger partial charge in [-0.1, -0.05) is 55.3 Å². The van der Waals surface area contributed by atoms with Crippen LogP contribution in [0.25, 0.3) is 0 Å². The summed E-state index contributed by atoms with van der Waals surface area (Å²) >= 11 is 0. The molecule has 0 radical (unpaired) electrons. The van der Waals surface area contributed by atoms with Gasteiger partial charge in [0.05, 0.1) is 5.69 Å². The van der Waals surface area contributed by atoms with Gasteiger partial charge >= 0.3 is 0 Å². The highest BCUT2D eigenvalue weighted by molar-refractivity contribution is 5.22. The van der Waals surface area contributed by atoms with E-state index in [0.29, 0.717) is 6.04 Å². The second kappa shape index (κ2) is 7.25. The van der Waals surface area contributed by atoms with Crippen LogP contribution >= 0.6 is 0 Å². The first kappa shape index (κ1) is 14.8. The summed E-state index contributed by atoms with van der Waals surface area (Å²) in [7, 11) is 0. The van der Waals surface area contributed by atoms with Gasteiger partial charge in [-0.05, 0) is 25.8 Å². The first-order valence-electron chi connectivity index (χ1n) is 7.42. The molecule has 0 aliphatic carbocycles. The van der Waals surface area contributed by atoms with Crippen LogP contribution in [0.15, 0.2) is 34.9 Å². The van der Waals surface area contributed by atoms with Crippen molar-refractivity contribution in [3.05, 3.63) is 52.9 Å². The molecular formula is C17H24N2O. The number of nitrogens with zero attached hydrogens (tertiary/aromatic N) is 1. The van der Waals surface area contributed by atoms with Crippen LogP contribution in [-0.2, 0) is 6.54 Å². The Morgan fingerprint density at radius 1 is 1.20 bits per heavy atom. The molecule has 0 bridgehead atoms. The molecule has 0 saturated heterocycles. The van der Waals surface area contributed by atoms with E-state index < -0.39 is 0 Å². The molecule has 1 aromatic heterocycles. The minimum Gasteiger partial charge on any atom is -0.361 e. The van der Waals surface area contributed by atoms with Crippen molar-refractivity contribution >= 4 is 0 Å². The van der Waals surface area contributed by atoms with Crippen molar-refractivity contribution in [1.29, 1.82) is 0 Å². The van der Waals surface area contributed by atoms with Gasteiger partial charge in [-0.2, -0.15) is 0 Å². The first-order chi connectivity index (χ1) is 9.72. The van der Waals surface area contributed by atoms with Gasteiger partial charge in [0.2, 0.25) is 0 Å². The molecule has 3 heteroatoms. The number of aryl methyl sites for hydroxylation is 2. The quantitative estimate of drug-likeness (QED) is 0.816. The van der Waals surface area contributed by atoms with Crippen LogP contribution in [0.1, 0.15) is 54.8 Å². The zero-order valence-electron chi connectivity index (χ0n) is 12.6. The Morgan fingerprint density at radius 3 is 2.55 bits per heavy atom. The molecule has 20 heavy (non-hydrogen) atoms. The highest BCUT2D eigenvalue weighted by Gasteiger charge is 2.13. The average molecular weight is 272 g/mol. The number of hydrogen-bond acceptors (Lipinski definition) is 3. The van der Waals surface area contributed by atoms with Crippen LogP contribution in [0.2, 0.25) is 0 Å². The van der Waals surface area contributed by atoms with Crippen molar-refractivity contribution in [3.8, 4) is 0 Å². The lowest BCUT2D eigenvalue weighted by atomic mass is 10.0. The van der Waals surface area contributed by atoms with Gasteiger partial charge in [0.15, 0.2) is 0 Å². The molecule has 0 spiro atoms. The maximum absolute atomic E-state index is 5.22. The lowest BCUT2D eigenvalue weighted by Crippen LogP contribution is -2.21. The third-order valence-electron chi connectivity index (χ3n) is 3.75. The van der Waals surface area contributed by atoms with Crippen molar-refractivity contribution in [1.82, 2.24) is 10.5 Å². The molecule has 0 aliphatic heterocycles. The fourth-order valence-electron chi connectivity index (χ4n) is 2.46. The Balaban J connectivity index is 2.05. The van der Waals surface area contributed by atoms with Crippen molar-refractivity contribution in [3.63, 3.8) is 0 Å². The van der Waals surface area contributed by atoms with Crippen molar-refractivity contribution in [2.75, 3.05) is 0 Å². The Morgan fingerprint density at radius 2 is 1.95 bits per heavy atom. The summed E-state index contributed by atoms with van der Waals surface area (Å²) in [6.07, 6.45) is 3.61. The van der Waals surface area contributed by atoms with Crippen LogP contribution in [0.3, 0.4) is 0 Å². The van der Waals surface area contributed by atoms with E-state index in [1.807, 2.05) is 13.8 Å². The number of benzene rings is 1. The Hall–Kier alpha value is -1.61. The largest absolute Gasteiger partial charge is 0.361 e. The number of hydrogen-bond donors (Lipinski definition) is 1. The molecule has 2 aromatic rings. The second-order valence-electron chi connectivity index (χ2n) is 5.29. The van der Waals surface area contributed by atoms with Crippen LogP contribution in [-0.4, -0.2) is 5.16 Å². The monoisotopic (exact) mass is 272 g/mol. The van der Waals surface area contributed by atoms with E-state index in [9.17, 15) is 0 Å². The van der Waals surface area contributed by atoms with Gasteiger partial charge in [0.1, 0.15) is 5.76 Å². The third-order valence-corrected chi connectivity index (χ3v) is 3.75. The van der Waals surface area contributed by atoms with Gasteiger partial charge in [-0.25, -0.2) is 0 Å². The molecule has 2 rings (SSSR count). The molecule has 1 unspecified atom stereocenters. The van der Waals surface area contributed by atoms with Crippen molar-refractivity contribution in [2.24, 2.45) is 0 Å². The maximum atomic E-state index is 5.22. The van der Waals surface area contributed by atoms with E-state index >= 15 is 0 Å². The zero-order valence-corrected chi connectivity index (χ0v) is 12.6. The molecular weight excluding hydrogens is 248 g/mol. The van der Waals surface area contributed by atoms with Gasteiger partial charge in [0.25, 0.3) is 0 Å². The molecule has 0 amide bonds. The SMILES string of the molecule is CCCCC(NCc1c(C)noc1C)c1ccccc1. The maximum Gasteiger partial charge on any atom is 0.138 e. The van der Waals surface area contributed by atoms with Gasteiger partial charge in [-0.3, -0.25) is 0 Å². The van der Waals surface area contributed by atoms with Crippen LogP contribution < -0.4 is 5.32 Å². The van der Waals surface area contributed by atoms with E-state index in [1.54, 1.807) is 0 Å². The summed E-state index contributed by atoms with van der Waals surface area (Å²) < 4.78 is 5.22. The smallest absolute Gasteiger partial charge is 0.138 e. The van der Waals surface area contributed by atoms with E-state index in [0.717, 1.165) is 24.4 Å². The highest BCUT2D eigenvalue weighted by Crippen LogP contribution is 2.21. The third kappa shape index (κ3) is 3.70. The summed E-state index contributed by atoms with van der Waals surface area (Å²) in [5, 5.41) is 7.67. The van der Waals surface area contributed by atoms with Gasteiger partial charge < -0.3 is 9.84 Å². The zero-order chi connectivity index (χ0) is 14.4. The predicted octanol–water partition coefficient (Wildman–Crippen LogP) is 4.31. The van der Waals surface area contributed by atoms with Crippen LogP contribution in [0.4, 0.5) is 0 Å². The van der Waals surface area contributed by atoms with E-state index in [1.165, 1.54) is 24.0 Å². The minimum absolute atomic E-state index is 0.393. The highest BCUT2D eigenvalue weighted by atomic mass is 16.5. The lowest BCUT2D eigenvalue weighted by molar-refractivity contribution is 0.391. The molecule has 1 heterocycles. The van der Waals surface area contributed by atoms with E-state index in [4.69, 9.17) is 4.52 Å². The van der Waals surface area contributed by atoms with Crippen LogP contribution in [0.5, 0.6) is 0 Å². The molecule has 0 aliphatic rings. The molecule has 0 saturated carbocycles. The Labute approximate surface area is 121 Å². The summed E-state index contributed by atoms with van der Waals surface area (Å²) in [6, 6.07) is 11.1. The Bertz CT molecular complexity index is 500. The summed E-state index contributed by atoms with van der Waals surface area (Å²) in [6.45, 7) is 7.01. The molecule has 1 aromatic carbocycles. The number of unbranched alkanes of at least 4 members (excludes halogenated alkanes) is 1. The van der Waals surface area contributed by atoms with Crippen LogP contribution in [0, 0.1) is 13.8 Å². The number of rotatable bonds is 7. The molecule has 1 atom stereocenters. The topological polar surface area (TPSA) is 38.1 Å². The first-order valence-corrected chi connectivity index (χ1v) is 7.42. The van der Waals surface area contributed by atoms with E-state index in [2.05, 4.69) is 47.7 Å². The average Bonchev–Trinajstić information content (AvgIpc) is 2.79. The second-order valence-corrected chi connectivity index (χ2v) is 5.29. The fourth-order valence-corrected chi connectivity index (χ4v) is 2.46. The summed E-state index contributed by atoms with van der Waals surface area (Å²) in [5.41, 5.74) is 3.52. The summed E-state index contributed by atoms with van der Waals surface area (Å²) in [5.74, 6) is 0.914. The molecule has 3 nitrogen and oxygen atoms in total. The predicted molar refractivity (Wildman–Crippen MR) is 81.5 cm³/mol. The Kier molecular flexibility index (Phi) is 5.36. The lowest BCUT2D eigenvalue weighted by Gasteiger charge is -2.19. The molecule has 108 valence electrons. The van der Waals surface area contributed by atoms with E-state index in [-0.39, 0.29) is 0 Å². The molecule has 1 N–H and O–H groups in total. The van der Waals surface area contributed by atoms with Gasteiger partial charge in [-0.15, -0.1) is 0 Å². The number of aromatic nitrogens is 1. The summed E-state index contributed by atoms with van der Waals surface area (Å²) in [4.78, 5) is 0. The minimum atomic E-state index is 0.393. The van der Waals surface area contributed by atoms with Gasteiger partial charge in [0, 0.05) is 18.2 Å². The van der Waals surface area contributed by atoms with Crippen molar-refractivity contribution in [2.45, 2.75) is 52.6 Å². The van der Waals surface area contributed by atoms with Crippen molar-refractivity contribution < 1.29 is 4.52 Å². The number of nitrogens with one attached hydrogen (secondary N) is 1. The normalized spacial score (nSPS) is 12.6.